The van der Waals surface area contributed by atoms with Gasteiger partial charge in [0.25, 0.3) is 5.91 Å². The standard InChI is InChI=1S/C16H18FN3O4/c1-9(15(22)23)20(10-2-3-10)14(21)12-8-11(4-5-13(12)17)19-7-6-18-16(19)24/h4-5,8-10H,2-3,6-7H2,1H3,(H,18,24)(H,22,23). The van der Waals surface area contributed by atoms with Crippen LogP contribution in [-0.4, -0.2) is 53.1 Å². The molecule has 2 N–H and O–H groups in total. The summed E-state index contributed by atoms with van der Waals surface area (Å²) in [6, 6.07) is 2.35. The first-order valence-electron chi connectivity index (χ1n) is 7.80. The van der Waals surface area contributed by atoms with Crippen molar-refractivity contribution in [3.63, 3.8) is 0 Å². The molecule has 1 heterocycles. The summed E-state index contributed by atoms with van der Waals surface area (Å²) >= 11 is 0. The molecule has 3 amide bonds. The first kappa shape index (κ1) is 16.2. The summed E-state index contributed by atoms with van der Waals surface area (Å²) in [5, 5.41) is 11.8. The van der Waals surface area contributed by atoms with E-state index in [1.807, 2.05) is 0 Å². The van der Waals surface area contributed by atoms with Gasteiger partial charge in [-0.2, -0.15) is 0 Å². The highest BCUT2D eigenvalue weighted by molar-refractivity contribution is 6.00. The lowest BCUT2D eigenvalue weighted by Crippen LogP contribution is -2.45. The molecule has 2 fully saturated rings. The maximum Gasteiger partial charge on any atom is 0.326 e. The van der Waals surface area contributed by atoms with E-state index >= 15 is 0 Å². The summed E-state index contributed by atoms with van der Waals surface area (Å²) in [5.74, 6) is -2.52. The van der Waals surface area contributed by atoms with Crippen molar-refractivity contribution in [1.82, 2.24) is 10.2 Å². The van der Waals surface area contributed by atoms with Gasteiger partial charge < -0.3 is 15.3 Å². The van der Waals surface area contributed by atoms with Gasteiger partial charge in [-0.25, -0.2) is 14.0 Å². The lowest BCUT2D eigenvalue weighted by Gasteiger charge is -2.27. The monoisotopic (exact) mass is 335 g/mol. The SMILES string of the molecule is CC(C(=O)O)N(C(=O)c1cc(N2CCNC2=O)ccc1F)C1CC1. The predicted molar refractivity (Wildman–Crippen MR) is 83.4 cm³/mol. The largest absolute Gasteiger partial charge is 0.480 e. The van der Waals surface area contributed by atoms with Crippen LogP contribution in [0.5, 0.6) is 0 Å². The Kier molecular flexibility index (Phi) is 4.13. The van der Waals surface area contributed by atoms with Crippen LogP contribution in [0.1, 0.15) is 30.1 Å². The maximum atomic E-state index is 14.2. The first-order valence-corrected chi connectivity index (χ1v) is 7.80. The topological polar surface area (TPSA) is 89.9 Å². The van der Waals surface area contributed by atoms with Crippen molar-refractivity contribution < 1.29 is 23.9 Å². The van der Waals surface area contributed by atoms with Gasteiger partial charge in [-0.05, 0) is 38.0 Å². The molecule has 1 aliphatic carbocycles. The zero-order valence-corrected chi connectivity index (χ0v) is 13.2. The Balaban J connectivity index is 1.93. The van der Waals surface area contributed by atoms with Crippen molar-refractivity contribution in [3.05, 3.63) is 29.6 Å². The van der Waals surface area contributed by atoms with E-state index in [-0.39, 0.29) is 17.6 Å². The van der Waals surface area contributed by atoms with Crippen LogP contribution in [0.25, 0.3) is 0 Å². The Bertz CT molecular complexity index is 705. The molecule has 0 aromatic heterocycles. The average Bonchev–Trinajstić information content (AvgIpc) is 3.28. The number of halogens is 1. The molecule has 8 heteroatoms. The summed E-state index contributed by atoms with van der Waals surface area (Å²) in [5.41, 5.74) is 0.195. The molecule has 0 radical (unpaired) electrons. The zero-order chi connectivity index (χ0) is 17.4. The van der Waals surface area contributed by atoms with Crippen molar-refractivity contribution in [3.8, 4) is 0 Å². The summed E-state index contributed by atoms with van der Waals surface area (Å²) in [6.07, 6.45) is 1.42. The van der Waals surface area contributed by atoms with E-state index in [1.54, 1.807) is 0 Å². The number of aliphatic carboxylic acids is 1. The minimum Gasteiger partial charge on any atom is -0.480 e. The molecule has 0 bridgehead atoms. The van der Waals surface area contributed by atoms with Crippen LogP contribution in [-0.2, 0) is 4.79 Å². The van der Waals surface area contributed by atoms with E-state index in [1.165, 1.54) is 28.9 Å². The van der Waals surface area contributed by atoms with E-state index in [9.17, 15) is 23.9 Å². The van der Waals surface area contributed by atoms with Crippen molar-refractivity contribution in [2.45, 2.75) is 31.8 Å². The highest BCUT2D eigenvalue weighted by Crippen LogP contribution is 2.31. The average molecular weight is 335 g/mol. The minimum absolute atomic E-state index is 0.179. The second kappa shape index (κ2) is 6.10. The summed E-state index contributed by atoms with van der Waals surface area (Å²) in [6.45, 7) is 2.31. The number of urea groups is 1. The van der Waals surface area contributed by atoms with Crippen molar-refractivity contribution in [2.24, 2.45) is 0 Å². The fourth-order valence-corrected chi connectivity index (χ4v) is 2.83. The van der Waals surface area contributed by atoms with Gasteiger partial charge in [0.05, 0.1) is 5.56 Å². The fourth-order valence-electron chi connectivity index (χ4n) is 2.83. The second-order valence-corrected chi connectivity index (χ2v) is 6.01. The van der Waals surface area contributed by atoms with Crippen molar-refractivity contribution >= 4 is 23.6 Å². The lowest BCUT2D eigenvalue weighted by molar-refractivity contribution is -0.141. The molecule has 7 nitrogen and oxygen atoms in total. The number of hydrogen-bond donors (Lipinski definition) is 2. The Morgan fingerprint density at radius 2 is 2.12 bits per heavy atom. The Labute approximate surface area is 138 Å². The van der Waals surface area contributed by atoms with Crippen LogP contribution in [0.4, 0.5) is 14.9 Å². The minimum atomic E-state index is -1.13. The molecule has 1 saturated carbocycles. The van der Waals surface area contributed by atoms with Crippen LogP contribution in [0, 0.1) is 5.82 Å². The quantitative estimate of drug-likeness (QED) is 0.852. The van der Waals surface area contributed by atoms with Gasteiger partial charge in [-0.3, -0.25) is 9.69 Å². The smallest absolute Gasteiger partial charge is 0.326 e. The Morgan fingerprint density at radius 3 is 2.67 bits per heavy atom. The molecule has 1 aromatic carbocycles. The molecule has 128 valence electrons. The molecular weight excluding hydrogens is 317 g/mol. The third-order valence-corrected chi connectivity index (χ3v) is 4.30. The van der Waals surface area contributed by atoms with Gasteiger partial charge >= 0.3 is 12.0 Å². The number of nitrogens with one attached hydrogen (secondary N) is 1. The number of carbonyl (C=O) groups is 3. The first-order chi connectivity index (χ1) is 11.4. The number of carboxylic acid groups (broad SMARTS) is 1. The van der Waals surface area contributed by atoms with Gasteiger partial charge in [-0.15, -0.1) is 0 Å². The molecule has 0 spiro atoms. The highest BCUT2D eigenvalue weighted by atomic mass is 19.1. The van der Waals surface area contributed by atoms with Crippen molar-refractivity contribution in [1.29, 1.82) is 0 Å². The summed E-state index contributed by atoms with van der Waals surface area (Å²) < 4.78 is 14.2. The number of carboxylic acids is 1. The van der Waals surface area contributed by atoms with E-state index < -0.39 is 23.7 Å². The molecule has 1 aromatic rings. The second-order valence-electron chi connectivity index (χ2n) is 6.01. The van der Waals surface area contributed by atoms with E-state index in [0.717, 1.165) is 6.07 Å². The fraction of sp³-hybridized carbons (Fsp3) is 0.438. The molecule has 1 unspecified atom stereocenters. The van der Waals surface area contributed by atoms with Crippen LogP contribution in [0.2, 0.25) is 0 Å². The number of hydrogen-bond acceptors (Lipinski definition) is 3. The number of benzene rings is 1. The molecule has 3 rings (SSSR count). The number of anilines is 1. The maximum absolute atomic E-state index is 14.2. The van der Waals surface area contributed by atoms with Gasteiger partial charge in [-0.1, -0.05) is 0 Å². The van der Waals surface area contributed by atoms with Crippen LogP contribution >= 0.6 is 0 Å². The molecule has 2 aliphatic rings. The van der Waals surface area contributed by atoms with Gasteiger partial charge in [0, 0.05) is 24.8 Å². The Hall–Kier alpha value is -2.64. The van der Waals surface area contributed by atoms with Gasteiger partial charge in [0.1, 0.15) is 11.9 Å². The normalized spacial score (nSPS) is 18.2. The van der Waals surface area contributed by atoms with E-state index in [4.69, 9.17) is 0 Å². The molecule has 1 saturated heterocycles. The lowest BCUT2D eigenvalue weighted by atomic mass is 10.1. The third-order valence-electron chi connectivity index (χ3n) is 4.30. The number of carbonyl (C=O) groups excluding carboxylic acids is 2. The molecule has 1 atom stereocenters. The number of amides is 3. The molecule has 24 heavy (non-hydrogen) atoms. The van der Waals surface area contributed by atoms with E-state index in [0.29, 0.717) is 31.6 Å². The van der Waals surface area contributed by atoms with E-state index in [2.05, 4.69) is 5.32 Å². The van der Waals surface area contributed by atoms with Gasteiger partial charge in [0.2, 0.25) is 0 Å². The van der Waals surface area contributed by atoms with Crippen LogP contribution in [0.15, 0.2) is 18.2 Å². The predicted octanol–water partition coefficient (Wildman–Crippen LogP) is 1.43. The number of rotatable bonds is 5. The summed E-state index contributed by atoms with van der Waals surface area (Å²) in [4.78, 5) is 38.4. The zero-order valence-electron chi connectivity index (χ0n) is 13.2. The number of nitrogens with zero attached hydrogens (tertiary/aromatic N) is 2. The van der Waals surface area contributed by atoms with Gasteiger partial charge in [0.15, 0.2) is 0 Å². The van der Waals surface area contributed by atoms with Crippen LogP contribution in [0.3, 0.4) is 0 Å². The third kappa shape index (κ3) is 2.91. The highest BCUT2D eigenvalue weighted by Gasteiger charge is 2.39. The molecule has 1 aliphatic heterocycles. The van der Waals surface area contributed by atoms with Crippen molar-refractivity contribution in [2.75, 3.05) is 18.0 Å². The molecular formula is C16H18FN3O4. The summed E-state index contributed by atoms with van der Waals surface area (Å²) in [7, 11) is 0. The van der Waals surface area contributed by atoms with Crippen LogP contribution < -0.4 is 10.2 Å². The Morgan fingerprint density at radius 1 is 1.42 bits per heavy atom.